The molecule has 0 aliphatic carbocycles. The van der Waals surface area contributed by atoms with Crippen LogP contribution in [-0.2, 0) is 4.74 Å². The van der Waals surface area contributed by atoms with Gasteiger partial charge in [0, 0.05) is 5.56 Å². The third-order valence-electron chi connectivity index (χ3n) is 8.95. The summed E-state index contributed by atoms with van der Waals surface area (Å²) in [6.45, 7) is 1.29. The second-order valence-corrected chi connectivity index (χ2v) is 11.6. The number of aliphatic imine (C=N–C) groups is 1. The SMILES string of the molecule is c1cc(C2=NCCO2)nc(-c2ccc3c(-c4ccc5ccccc5c4)c4ccccc4c(-c4ccc5ccccc5c4)c3c2)c1. The van der Waals surface area contributed by atoms with Gasteiger partial charge in [-0.3, -0.25) is 0 Å². The first kappa shape index (κ1) is 25.7. The number of ether oxygens (including phenoxy) is 1. The van der Waals surface area contributed by atoms with Gasteiger partial charge in [-0.05, 0) is 95.7 Å². The van der Waals surface area contributed by atoms with Crippen LogP contribution in [0, 0.1) is 0 Å². The minimum Gasteiger partial charge on any atom is -0.474 e. The molecule has 0 saturated heterocycles. The summed E-state index contributed by atoms with van der Waals surface area (Å²) in [5.41, 5.74) is 7.63. The van der Waals surface area contributed by atoms with Crippen LogP contribution in [0.2, 0.25) is 0 Å². The first-order valence-corrected chi connectivity index (χ1v) is 15.4. The highest BCUT2D eigenvalue weighted by Gasteiger charge is 2.19. The molecule has 0 spiro atoms. The number of benzene rings is 7. The Morgan fingerprint density at radius 1 is 0.422 bits per heavy atom. The zero-order valence-corrected chi connectivity index (χ0v) is 24.6. The van der Waals surface area contributed by atoms with Crippen molar-refractivity contribution in [3.05, 3.63) is 151 Å². The van der Waals surface area contributed by atoms with Crippen LogP contribution in [0.25, 0.3) is 76.6 Å². The molecule has 0 fully saturated rings. The van der Waals surface area contributed by atoms with Crippen molar-refractivity contribution >= 4 is 49.0 Å². The Balaban J connectivity index is 1.36. The molecule has 212 valence electrons. The molecule has 0 amide bonds. The van der Waals surface area contributed by atoms with Gasteiger partial charge >= 0.3 is 0 Å². The fourth-order valence-electron chi connectivity index (χ4n) is 6.85. The zero-order valence-electron chi connectivity index (χ0n) is 24.6. The highest BCUT2D eigenvalue weighted by Crippen LogP contribution is 2.45. The van der Waals surface area contributed by atoms with E-state index in [0.29, 0.717) is 19.0 Å². The number of nitrogens with zero attached hydrogens (tertiary/aromatic N) is 2. The van der Waals surface area contributed by atoms with Crippen molar-refractivity contribution in [3.8, 4) is 33.5 Å². The summed E-state index contributed by atoms with van der Waals surface area (Å²) < 4.78 is 5.74. The quantitative estimate of drug-likeness (QED) is 0.195. The van der Waals surface area contributed by atoms with E-state index in [2.05, 4.69) is 138 Å². The average Bonchev–Trinajstić information content (AvgIpc) is 3.65. The van der Waals surface area contributed by atoms with Crippen LogP contribution in [0.15, 0.2) is 151 Å². The Labute approximate surface area is 261 Å². The molecule has 1 aliphatic rings. The summed E-state index contributed by atoms with van der Waals surface area (Å²) in [4.78, 5) is 9.50. The number of hydrogen-bond acceptors (Lipinski definition) is 3. The van der Waals surface area contributed by atoms with E-state index < -0.39 is 0 Å². The van der Waals surface area contributed by atoms with Gasteiger partial charge in [0.25, 0.3) is 0 Å². The molecule has 45 heavy (non-hydrogen) atoms. The number of pyridine rings is 1. The van der Waals surface area contributed by atoms with Crippen molar-refractivity contribution in [1.29, 1.82) is 0 Å². The van der Waals surface area contributed by atoms with Crippen molar-refractivity contribution in [3.63, 3.8) is 0 Å². The van der Waals surface area contributed by atoms with Crippen LogP contribution in [0.5, 0.6) is 0 Å². The summed E-state index contributed by atoms with van der Waals surface area (Å²) in [5.74, 6) is 0.624. The monoisotopic (exact) mass is 576 g/mol. The molecule has 7 aromatic carbocycles. The summed E-state index contributed by atoms with van der Waals surface area (Å²) in [6.07, 6.45) is 0. The molecule has 0 N–H and O–H groups in total. The Hall–Kier alpha value is -5.80. The first-order chi connectivity index (χ1) is 22.3. The van der Waals surface area contributed by atoms with E-state index >= 15 is 0 Å². The van der Waals surface area contributed by atoms with Gasteiger partial charge in [0.2, 0.25) is 5.90 Å². The smallest absolute Gasteiger partial charge is 0.235 e. The lowest BCUT2D eigenvalue weighted by Crippen LogP contribution is -2.04. The Morgan fingerprint density at radius 3 is 1.62 bits per heavy atom. The summed E-state index contributed by atoms with van der Waals surface area (Å²) in [7, 11) is 0. The topological polar surface area (TPSA) is 34.5 Å². The lowest BCUT2D eigenvalue weighted by molar-refractivity contribution is 0.347. The van der Waals surface area contributed by atoms with Gasteiger partial charge in [-0.25, -0.2) is 9.98 Å². The van der Waals surface area contributed by atoms with Crippen LogP contribution in [0.4, 0.5) is 0 Å². The van der Waals surface area contributed by atoms with Crippen LogP contribution >= 0.6 is 0 Å². The van der Waals surface area contributed by atoms with Crippen molar-refractivity contribution in [2.45, 2.75) is 0 Å². The highest BCUT2D eigenvalue weighted by molar-refractivity contribution is 6.22. The van der Waals surface area contributed by atoms with Gasteiger partial charge in [-0.1, -0.05) is 115 Å². The molecule has 0 atom stereocenters. The Bertz CT molecular complexity index is 2480. The first-order valence-electron chi connectivity index (χ1n) is 15.4. The average molecular weight is 577 g/mol. The van der Waals surface area contributed by atoms with Gasteiger partial charge in [0.15, 0.2) is 0 Å². The van der Waals surface area contributed by atoms with E-state index in [9.17, 15) is 0 Å². The van der Waals surface area contributed by atoms with E-state index in [0.717, 1.165) is 17.0 Å². The molecule has 1 aromatic heterocycles. The lowest BCUT2D eigenvalue weighted by atomic mass is 9.84. The van der Waals surface area contributed by atoms with Crippen molar-refractivity contribution in [1.82, 2.24) is 4.98 Å². The van der Waals surface area contributed by atoms with Gasteiger partial charge in [-0.15, -0.1) is 0 Å². The molecule has 0 bridgehead atoms. The van der Waals surface area contributed by atoms with Gasteiger partial charge in [-0.2, -0.15) is 0 Å². The van der Waals surface area contributed by atoms with Crippen LogP contribution in [0.1, 0.15) is 5.69 Å². The van der Waals surface area contributed by atoms with Gasteiger partial charge in [0.05, 0.1) is 12.2 Å². The molecular weight excluding hydrogens is 548 g/mol. The van der Waals surface area contributed by atoms with Crippen molar-refractivity contribution in [2.75, 3.05) is 13.2 Å². The summed E-state index contributed by atoms with van der Waals surface area (Å²) >= 11 is 0. The maximum atomic E-state index is 5.74. The molecule has 8 aromatic rings. The maximum Gasteiger partial charge on any atom is 0.235 e. The molecule has 1 aliphatic heterocycles. The summed E-state index contributed by atoms with van der Waals surface area (Å²) in [5, 5.41) is 9.84. The third kappa shape index (κ3) is 4.36. The largest absolute Gasteiger partial charge is 0.474 e. The minimum absolute atomic E-state index is 0.608. The molecule has 9 rings (SSSR count). The molecule has 0 radical (unpaired) electrons. The predicted octanol–water partition coefficient (Wildman–Crippen LogP) is 10.5. The molecular formula is C42H28N2O. The van der Waals surface area contributed by atoms with E-state index in [1.54, 1.807) is 0 Å². The summed E-state index contributed by atoms with van der Waals surface area (Å²) in [6, 6.07) is 52.5. The van der Waals surface area contributed by atoms with Crippen LogP contribution < -0.4 is 0 Å². The normalized spacial score (nSPS) is 13.0. The minimum atomic E-state index is 0.608. The molecule has 3 heteroatoms. The van der Waals surface area contributed by atoms with E-state index in [-0.39, 0.29) is 0 Å². The standard InChI is InChI=1S/C42H28N2O/c1-3-10-29-24-32(18-16-27(29)8-1)40-34-12-5-6-13-35(34)41(33-19-17-28-9-2-4-11-30(28)25-33)37-26-31(20-21-36(37)40)38-14-7-15-39(44-38)42-43-22-23-45-42/h1-21,24-26H,22-23H2. The van der Waals surface area contributed by atoms with Crippen LogP contribution in [-0.4, -0.2) is 24.0 Å². The number of rotatable bonds is 4. The molecule has 0 unspecified atom stereocenters. The van der Waals surface area contributed by atoms with Gasteiger partial charge in [0.1, 0.15) is 12.3 Å². The second-order valence-electron chi connectivity index (χ2n) is 11.6. The highest BCUT2D eigenvalue weighted by atomic mass is 16.5. The van der Waals surface area contributed by atoms with E-state index in [1.165, 1.54) is 65.3 Å². The van der Waals surface area contributed by atoms with E-state index in [1.807, 2.05) is 12.1 Å². The molecule has 0 saturated carbocycles. The fraction of sp³-hybridized carbons (Fsp3) is 0.0476. The number of aromatic nitrogens is 1. The van der Waals surface area contributed by atoms with Crippen LogP contribution in [0.3, 0.4) is 0 Å². The predicted molar refractivity (Wildman–Crippen MR) is 188 cm³/mol. The lowest BCUT2D eigenvalue weighted by Gasteiger charge is -2.19. The Kier molecular flexibility index (Phi) is 5.95. The maximum absolute atomic E-state index is 5.74. The third-order valence-corrected chi connectivity index (χ3v) is 8.95. The fourth-order valence-corrected chi connectivity index (χ4v) is 6.85. The molecule has 3 nitrogen and oxygen atoms in total. The van der Waals surface area contributed by atoms with Crippen molar-refractivity contribution < 1.29 is 4.74 Å². The number of hydrogen-bond donors (Lipinski definition) is 0. The molecule has 2 heterocycles. The van der Waals surface area contributed by atoms with E-state index in [4.69, 9.17) is 9.72 Å². The number of fused-ring (bicyclic) bond motifs is 4. The van der Waals surface area contributed by atoms with Crippen molar-refractivity contribution in [2.24, 2.45) is 4.99 Å². The Morgan fingerprint density at radius 2 is 0.978 bits per heavy atom. The van der Waals surface area contributed by atoms with Gasteiger partial charge < -0.3 is 4.74 Å². The zero-order chi connectivity index (χ0) is 29.7. The second kappa shape index (κ2) is 10.4.